The van der Waals surface area contributed by atoms with Crippen LogP contribution in [0.1, 0.15) is 12.7 Å². The Balaban J connectivity index is 3.24. The van der Waals surface area contributed by atoms with Crippen molar-refractivity contribution in [2.45, 2.75) is 13.3 Å². The predicted octanol–water partition coefficient (Wildman–Crippen LogP) is 0.0964. The Labute approximate surface area is 64.6 Å². The third kappa shape index (κ3) is 1.58. The quantitative estimate of drug-likeness (QED) is 0.648. The first kappa shape index (κ1) is 8.22. The zero-order valence-corrected chi connectivity index (χ0v) is 6.74. The van der Waals surface area contributed by atoms with Crippen LogP contribution in [0.15, 0.2) is 12.4 Å². The molecule has 0 atom stereocenters. The van der Waals surface area contributed by atoms with Crippen molar-refractivity contribution in [1.29, 1.82) is 0 Å². The van der Waals surface area contributed by atoms with Gasteiger partial charge in [-0.25, -0.2) is 8.96 Å². The number of aromatic nitrogens is 2. The standard InChI is InChI=1S/C5H8N2O3S/c1-2-5-6-3-4-7(5)11(8,9)10/h3-4H,2H2,1H3,(H,8,9,10). The van der Waals surface area contributed by atoms with Gasteiger partial charge < -0.3 is 0 Å². The molecule has 1 aromatic heterocycles. The van der Waals surface area contributed by atoms with E-state index in [0.29, 0.717) is 12.2 Å². The normalized spacial score (nSPS) is 11.8. The molecule has 62 valence electrons. The maximum atomic E-state index is 10.6. The van der Waals surface area contributed by atoms with Crippen molar-refractivity contribution in [2.24, 2.45) is 0 Å². The molecule has 5 nitrogen and oxygen atoms in total. The van der Waals surface area contributed by atoms with E-state index in [9.17, 15) is 8.42 Å². The summed E-state index contributed by atoms with van der Waals surface area (Å²) in [6.45, 7) is 1.75. The third-order valence-corrected chi connectivity index (χ3v) is 2.07. The third-order valence-electron chi connectivity index (χ3n) is 1.24. The van der Waals surface area contributed by atoms with Crippen molar-refractivity contribution in [3.63, 3.8) is 0 Å². The van der Waals surface area contributed by atoms with E-state index in [1.807, 2.05) is 0 Å². The molecule has 0 unspecified atom stereocenters. The van der Waals surface area contributed by atoms with Crippen molar-refractivity contribution >= 4 is 10.3 Å². The molecule has 0 saturated heterocycles. The molecule has 0 aliphatic carbocycles. The van der Waals surface area contributed by atoms with Gasteiger partial charge in [0.25, 0.3) is 0 Å². The van der Waals surface area contributed by atoms with Crippen LogP contribution in [0.25, 0.3) is 0 Å². The van der Waals surface area contributed by atoms with Crippen LogP contribution >= 0.6 is 0 Å². The molecule has 1 N–H and O–H groups in total. The van der Waals surface area contributed by atoms with Crippen molar-refractivity contribution in [2.75, 3.05) is 0 Å². The molecule has 6 heteroatoms. The van der Waals surface area contributed by atoms with Gasteiger partial charge in [-0.2, -0.15) is 8.42 Å². The highest BCUT2D eigenvalue weighted by atomic mass is 32.2. The van der Waals surface area contributed by atoms with Gasteiger partial charge in [-0.3, -0.25) is 4.55 Å². The van der Waals surface area contributed by atoms with Gasteiger partial charge in [-0.1, -0.05) is 6.92 Å². The topological polar surface area (TPSA) is 72.2 Å². The second kappa shape index (κ2) is 2.63. The van der Waals surface area contributed by atoms with E-state index in [4.69, 9.17) is 4.55 Å². The van der Waals surface area contributed by atoms with Crippen LogP contribution in [-0.4, -0.2) is 21.9 Å². The zero-order chi connectivity index (χ0) is 8.48. The van der Waals surface area contributed by atoms with Gasteiger partial charge in [0.15, 0.2) is 0 Å². The Morgan fingerprint density at radius 2 is 2.36 bits per heavy atom. The van der Waals surface area contributed by atoms with Gasteiger partial charge >= 0.3 is 10.3 Å². The fraction of sp³-hybridized carbons (Fsp3) is 0.400. The van der Waals surface area contributed by atoms with Crippen molar-refractivity contribution in [3.8, 4) is 0 Å². The number of aryl methyl sites for hydroxylation is 1. The smallest absolute Gasteiger partial charge is 0.269 e. The van der Waals surface area contributed by atoms with E-state index in [-0.39, 0.29) is 0 Å². The molecule has 0 amide bonds. The monoisotopic (exact) mass is 176 g/mol. The predicted molar refractivity (Wildman–Crippen MR) is 38.6 cm³/mol. The largest absolute Gasteiger partial charge is 0.364 e. The second-order valence-corrected chi connectivity index (χ2v) is 3.26. The van der Waals surface area contributed by atoms with Crippen molar-refractivity contribution in [1.82, 2.24) is 8.96 Å². The summed E-state index contributed by atoms with van der Waals surface area (Å²) in [7, 11) is -4.15. The highest BCUT2D eigenvalue weighted by Crippen LogP contribution is 2.00. The van der Waals surface area contributed by atoms with Gasteiger partial charge in [-0.15, -0.1) is 0 Å². The summed E-state index contributed by atoms with van der Waals surface area (Å²) in [6, 6.07) is 0. The Bertz CT molecular complexity index is 340. The van der Waals surface area contributed by atoms with Gasteiger partial charge in [0.2, 0.25) is 0 Å². The molecule has 0 bridgehead atoms. The molecule has 0 saturated carbocycles. The van der Waals surface area contributed by atoms with Crippen LogP contribution in [0.2, 0.25) is 0 Å². The molecule has 11 heavy (non-hydrogen) atoms. The lowest BCUT2D eigenvalue weighted by molar-refractivity contribution is 0.470. The lowest BCUT2D eigenvalue weighted by Gasteiger charge is -1.99. The number of hydrogen-bond acceptors (Lipinski definition) is 3. The Kier molecular flexibility index (Phi) is 1.97. The summed E-state index contributed by atoms with van der Waals surface area (Å²) in [6.07, 6.45) is 2.99. The molecule has 0 aliphatic heterocycles. The maximum absolute atomic E-state index is 10.6. The molecule has 0 spiro atoms. The van der Waals surface area contributed by atoms with Crippen LogP contribution in [-0.2, 0) is 16.7 Å². The van der Waals surface area contributed by atoms with E-state index in [1.54, 1.807) is 6.92 Å². The van der Waals surface area contributed by atoms with E-state index < -0.39 is 10.3 Å². The molecule has 0 radical (unpaired) electrons. The summed E-state index contributed by atoms with van der Waals surface area (Å²) in [5, 5.41) is 0. The first-order valence-corrected chi connectivity index (χ1v) is 4.45. The average Bonchev–Trinajstić information content (AvgIpc) is 2.31. The van der Waals surface area contributed by atoms with Gasteiger partial charge in [0, 0.05) is 18.8 Å². The van der Waals surface area contributed by atoms with Crippen molar-refractivity contribution in [3.05, 3.63) is 18.2 Å². The highest BCUT2D eigenvalue weighted by Gasteiger charge is 2.10. The molecular weight excluding hydrogens is 168 g/mol. The van der Waals surface area contributed by atoms with Crippen LogP contribution in [0, 0.1) is 0 Å². The molecule has 0 aliphatic rings. The Morgan fingerprint density at radius 1 is 1.73 bits per heavy atom. The van der Waals surface area contributed by atoms with Crippen LogP contribution in [0.3, 0.4) is 0 Å². The van der Waals surface area contributed by atoms with E-state index in [0.717, 1.165) is 3.97 Å². The van der Waals surface area contributed by atoms with Crippen LogP contribution < -0.4 is 0 Å². The van der Waals surface area contributed by atoms with Crippen LogP contribution in [0.4, 0.5) is 0 Å². The molecular formula is C5H8N2O3S. The molecule has 1 heterocycles. The minimum absolute atomic E-state index is 0.326. The van der Waals surface area contributed by atoms with Gasteiger partial charge in [0.05, 0.1) is 0 Å². The summed E-state index contributed by atoms with van der Waals surface area (Å²) in [5.74, 6) is 0.326. The number of imidazole rings is 1. The van der Waals surface area contributed by atoms with Gasteiger partial charge in [0.1, 0.15) is 5.82 Å². The molecule has 1 rings (SSSR count). The Morgan fingerprint density at radius 3 is 2.73 bits per heavy atom. The summed E-state index contributed by atoms with van der Waals surface area (Å²) in [4.78, 5) is 3.72. The lowest BCUT2D eigenvalue weighted by Crippen LogP contribution is -2.12. The first-order chi connectivity index (χ1) is 5.05. The SMILES string of the molecule is CCc1nccn1S(=O)(=O)O. The lowest BCUT2D eigenvalue weighted by atomic mass is 10.5. The zero-order valence-electron chi connectivity index (χ0n) is 5.93. The van der Waals surface area contributed by atoms with Gasteiger partial charge in [-0.05, 0) is 0 Å². The van der Waals surface area contributed by atoms with E-state index >= 15 is 0 Å². The number of rotatable bonds is 2. The molecule has 0 fully saturated rings. The number of nitrogens with zero attached hydrogens (tertiary/aromatic N) is 2. The average molecular weight is 176 g/mol. The molecule has 0 aromatic carbocycles. The minimum atomic E-state index is -4.15. The molecule has 1 aromatic rings. The van der Waals surface area contributed by atoms with E-state index in [2.05, 4.69) is 4.98 Å². The fourth-order valence-corrected chi connectivity index (χ4v) is 1.43. The van der Waals surface area contributed by atoms with Crippen LogP contribution in [0.5, 0.6) is 0 Å². The Hall–Kier alpha value is -0.880. The van der Waals surface area contributed by atoms with E-state index in [1.165, 1.54) is 12.4 Å². The maximum Gasteiger partial charge on any atom is 0.364 e. The second-order valence-electron chi connectivity index (χ2n) is 1.97. The summed E-state index contributed by atoms with van der Waals surface area (Å²) in [5.41, 5.74) is 0. The number of hydrogen-bond donors (Lipinski definition) is 1. The summed E-state index contributed by atoms with van der Waals surface area (Å²) < 4.78 is 30.4. The summed E-state index contributed by atoms with van der Waals surface area (Å²) >= 11 is 0. The van der Waals surface area contributed by atoms with Crippen molar-refractivity contribution < 1.29 is 13.0 Å². The fourth-order valence-electron chi connectivity index (χ4n) is 0.780. The first-order valence-electron chi connectivity index (χ1n) is 3.06. The minimum Gasteiger partial charge on any atom is -0.269 e. The highest BCUT2D eigenvalue weighted by molar-refractivity contribution is 7.84.